The fraction of sp³-hybridized carbons (Fsp3) is 0.509. The van der Waals surface area contributed by atoms with Crippen LogP contribution in [0.15, 0.2) is 243 Å². The first-order chi connectivity index (χ1) is 59.4. The molecule has 0 saturated carbocycles. The van der Waals surface area contributed by atoms with E-state index in [1.165, 1.54) is 228 Å². The van der Waals surface area contributed by atoms with Gasteiger partial charge in [0, 0.05) is 250 Å². The molecule has 3 aromatic heterocycles. The number of aromatic nitrogens is 5. The minimum absolute atomic E-state index is 0. The second-order valence-corrected chi connectivity index (χ2v) is 36.4. The van der Waals surface area contributed by atoms with Gasteiger partial charge in [-0.1, -0.05) is 149 Å². The van der Waals surface area contributed by atoms with Crippen LogP contribution in [0.3, 0.4) is 0 Å². The molecule has 0 spiro atoms. The number of anilines is 2. The van der Waals surface area contributed by atoms with Crippen LogP contribution in [0.1, 0.15) is 144 Å². The van der Waals surface area contributed by atoms with Crippen molar-refractivity contribution >= 4 is 23.8 Å². The number of likely N-dealkylation sites (tertiary alicyclic amines) is 1. The van der Waals surface area contributed by atoms with E-state index >= 15 is 0 Å². The minimum atomic E-state index is 0. The summed E-state index contributed by atoms with van der Waals surface area (Å²) in [4.78, 5) is 45.0. The molecule has 676 valence electrons. The maximum atomic E-state index is 4.32. The highest BCUT2D eigenvalue weighted by Gasteiger charge is 2.24. The summed E-state index contributed by atoms with van der Waals surface area (Å²) in [5.41, 5.74) is 30.1. The Morgan fingerprint density at radius 2 is 0.800 bits per heavy atom. The van der Waals surface area contributed by atoms with Crippen LogP contribution in [0.2, 0.25) is 0 Å². The van der Waals surface area contributed by atoms with Gasteiger partial charge in [-0.3, -0.25) is 29.6 Å². The predicted octanol–water partition coefficient (Wildman–Crippen LogP) is 17.4. The molecule has 7 aromatic rings. The van der Waals surface area contributed by atoms with Crippen molar-refractivity contribution in [2.45, 2.75) is 171 Å². The van der Waals surface area contributed by atoms with Crippen LogP contribution in [0, 0.1) is 0 Å². The van der Waals surface area contributed by atoms with E-state index in [4.69, 9.17) is 0 Å². The number of imidazole rings is 2. The molecule has 4 aromatic carbocycles. The standard InChI is InChI=1S/2C10H13N.3C9H13N.2C9H11N.3C8H12N2.2C7H11N3.3CH4/c1-11-8-4-6-9-5-2-3-7-10(9)11;1-11-7-6-9-4-2-3-5-10(9)8-11;3*1-10-6-5-8-3-2-4-9(8)7-10;1-10-6-8-4-2-3-5-9(8)7-10;1-10-7-6-8-4-2-3-5-9(8)10;1-10-5-3-8-7(6-10)2-4-9-8;1-10-5-3-7-2-4-9-8(7)6-10;1-9-5-6-10-4-2-3-8(10)7-9;1-9-2-3-10-6-8-4-7(10)5-9;1-9-4-5-10-3-2-8-7(10)6-9;;;/h2-3,5,7H,4,6,8H2,1H3;2-5H,6-8H2,1H3;3-4H,2,5-7H2,1H3;2,4H,3,5-7H2,1H3;2-3H,4-7H2,1H3;2*2-5H,6-7H2,1H3;2*4H,2-3,5-6H2,1H3;2-4H,5-7H2,1H3;4,6H,2-3,5H2,1H3;2-3H,4-6H2,1H3;3*1H4. The molecule has 17 aliphatic rings. The van der Waals surface area contributed by atoms with Crippen LogP contribution in [0.4, 0.5) is 11.4 Å². The lowest BCUT2D eigenvalue weighted by Crippen LogP contribution is -2.30. The largest absolute Gasteiger partial charge is 0.374 e. The Kier molecular flexibility index (Phi) is 39.3. The lowest BCUT2D eigenvalue weighted by Gasteiger charge is -2.26. The molecule has 0 radical (unpaired) electrons. The van der Waals surface area contributed by atoms with E-state index in [1.807, 2.05) is 37.3 Å². The fourth-order valence-electron chi connectivity index (χ4n) is 18.7. The van der Waals surface area contributed by atoms with E-state index in [2.05, 4.69) is 329 Å². The van der Waals surface area contributed by atoms with Crippen molar-refractivity contribution in [3.05, 3.63) is 283 Å². The maximum Gasteiger partial charge on any atom is 0.122 e. The zero-order valence-corrected chi connectivity index (χ0v) is 76.5. The SMILES string of the molecule is C.C.C.CN1CCC2=C(C1)N=CC2.CN1CCC2=C(C=CC2)C1.CN1CCC2=C(CC=C2)C1.CN1CCC2=C(CC=N2)C1.CN1CCC2=CCC=C2C1.CN1CCCc2ccccc21.CN1CCc2ccccc21.CN1CCc2ccccc2C1.CN1CCn2cccc2C1.CN1CCn2ccnc2C1.CN1CCn2cncc2C1.CN1Cc2ccccc2C1. The summed E-state index contributed by atoms with van der Waals surface area (Å²) in [5, 5.41) is 0. The molecule has 19 heteroatoms. The molecule has 3 aliphatic carbocycles. The summed E-state index contributed by atoms with van der Waals surface area (Å²) in [5.74, 6) is 1.19. The molecule has 0 amide bonds. The number of para-hydroxylation sites is 2. The number of aryl methyl sites for hydroxylation is 1. The molecule has 0 atom stereocenters. The van der Waals surface area contributed by atoms with E-state index in [9.17, 15) is 0 Å². The lowest BCUT2D eigenvalue weighted by molar-refractivity contribution is 0.264. The highest BCUT2D eigenvalue weighted by atomic mass is 15.2. The molecule has 0 unspecified atom stereocenters. The normalized spacial score (nSPS) is 20.4. The van der Waals surface area contributed by atoms with Crippen molar-refractivity contribution < 1.29 is 0 Å². The number of likely N-dealkylation sites (N-methyl/N-ethyl adjacent to an activating group) is 10. The lowest BCUT2D eigenvalue weighted by atomic mass is 10.0. The first-order valence-corrected chi connectivity index (χ1v) is 45.7. The molecule has 19 nitrogen and oxygen atoms in total. The number of benzene rings is 4. The highest BCUT2D eigenvalue weighted by Crippen LogP contribution is 2.32. The molecule has 125 heavy (non-hydrogen) atoms. The Labute approximate surface area is 755 Å². The van der Waals surface area contributed by atoms with Gasteiger partial charge in [-0.15, -0.1) is 0 Å². The van der Waals surface area contributed by atoms with Gasteiger partial charge in [-0.2, -0.15) is 0 Å². The molecule has 0 bridgehead atoms. The monoisotopic (exact) mass is 1700 g/mol. The average Bonchev–Trinajstić information content (AvgIpc) is 1.44. The number of hydrogen-bond donors (Lipinski definition) is 0. The summed E-state index contributed by atoms with van der Waals surface area (Å²) in [6, 6.07) is 38.9. The van der Waals surface area contributed by atoms with Crippen molar-refractivity contribution in [1.82, 2.24) is 72.7 Å². The first-order valence-electron chi connectivity index (χ1n) is 45.7. The number of rotatable bonds is 0. The van der Waals surface area contributed by atoms with Gasteiger partial charge in [-0.05, 0) is 238 Å². The van der Waals surface area contributed by atoms with Crippen LogP contribution in [-0.2, 0) is 78.2 Å². The van der Waals surface area contributed by atoms with Crippen LogP contribution in [0.25, 0.3) is 0 Å². The summed E-state index contributed by atoms with van der Waals surface area (Å²) in [6.45, 7) is 28.7. The Morgan fingerprint density at radius 3 is 1.51 bits per heavy atom. The van der Waals surface area contributed by atoms with Gasteiger partial charge < -0.3 is 52.9 Å². The first kappa shape index (κ1) is 98.2. The Balaban J connectivity index is 0.000000142. The van der Waals surface area contributed by atoms with Crippen LogP contribution in [0.5, 0.6) is 0 Å². The second kappa shape index (κ2) is 50.0. The van der Waals surface area contributed by atoms with Crippen molar-refractivity contribution in [2.24, 2.45) is 9.98 Å². The van der Waals surface area contributed by atoms with Crippen molar-refractivity contribution in [3.8, 4) is 0 Å². The zero-order valence-electron chi connectivity index (χ0n) is 76.5. The van der Waals surface area contributed by atoms with Gasteiger partial charge >= 0.3 is 0 Å². The van der Waals surface area contributed by atoms with E-state index < -0.39 is 0 Å². The Bertz CT molecular complexity index is 4600. The third-order valence-corrected chi connectivity index (χ3v) is 26.2. The minimum Gasteiger partial charge on any atom is -0.374 e. The fourth-order valence-corrected chi connectivity index (χ4v) is 18.7. The molecule has 1 saturated heterocycles. The Morgan fingerprint density at radius 1 is 0.304 bits per heavy atom. The van der Waals surface area contributed by atoms with E-state index in [0.29, 0.717) is 0 Å². The Hall–Kier alpha value is -8.96. The smallest absolute Gasteiger partial charge is 0.122 e. The summed E-state index contributed by atoms with van der Waals surface area (Å²) >= 11 is 0. The predicted molar refractivity (Wildman–Crippen MR) is 531 cm³/mol. The topological polar surface area (TPSA) is 104 Å². The van der Waals surface area contributed by atoms with Gasteiger partial charge in [0.25, 0.3) is 0 Å². The summed E-state index contributed by atoms with van der Waals surface area (Å²) in [6.07, 6.45) is 44.8. The van der Waals surface area contributed by atoms with Crippen molar-refractivity contribution in [3.63, 3.8) is 0 Å². The van der Waals surface area contributed by atoms with Crippen LogP contribution >= 0.6 is 0 Å². The maximum absolute atomic E-state index is 4.32. The summed E-state index contributed by atoms with van der Waals surface area (Å²) < 4.78 is 6.74. The highest BCUT2D eigenvalue weighted by molar-refractivity contribution is 5.68. The number of piperidine rings is 1. The van der Waals surface area contributed by atoms with Crippen molar-refractivity contribution in [1.29, 1.82) is 0 Å². The van der Waals surface area contributed by atoms with Crippen LogP contribution < -0.4 is 9.80 Å². The summed E-state index contributed by atoms with van der Waals surface area (Å²) in [7, 11) is 26.0. The quantitative estimate of drug-likeness (QED) is 0.144. The van der Waals surface area contributed by atoms with E-state index in [0.717, 1.165) is 104 Å². The van der Waals surface area contributed by atoms with Crippen LogP contribution in [-0.4, -0.2) is 274 Å². The van der Waals surface area contributed by atoms with Gasteiger partial charge in [0.15, 0.2) is 0 Å². The van der Waals surface area contributed by atoms with Gasteiger partial charge in [0.05, 0.1) is 24.3 Å². The molecule has 24 rings (SSSR count). The van der Waals surface area contributed by atoms with E-state index in [-0.39, 0.29) is 22.3 Å². The zero-order chi connectivity index (χ0) is 85.1. The molecule has 17 heterocycles. The van der Waals surface area contributed by atoms with E-state index in [1.54, 1.807) is 39.0 Å². The number of allylic oxidation sites excluding steroid dienone is 5. The number of nitrogens with zero attached hydrogens (tertiary/aromatic N) is 19. The third-order valence-electron chi connectivity index (χ3n) is 26.2. The second-order valence-electron chi connectivity index (χ2n) is 36.4. The molecular weight excluding hydrogens is 1540 g/mol. The molecule has 0 N–H and O–H groups in total. The number of aliphatic imine (C=N–C) groups is 2. The number of fused-ring (bicyclic) bond motifs is 8. The van der Waals surface area contributed by atoms with Gasteiger partial charge in [0.1, 0.15) is 5.82 Å². The average molecular weight is 1700 g/mol. The van der Waals surface area contributed by atoms with Gasteiger partial charge in [-0.25, -0.2) is 9.97 Å². The number of hydrogen-bond acceptors (Lipinski definition) is 16. The molecule has 14 aliphatic heterocycles. The molecule has 1 fully saturated rings. The van der Waals surface area contributed by atoms with Gasteiger partial charge in [0.2, 0.25) is 0 Å². The molecular formula is C106H157N19. The third kappa shape index (κ3) is 29.5. The van der Waals surface area contributed by atoms with Crippen molar-refractivity contribution in [2.75, 3.05) is 199 Å².